The Balaban J connectivity index is 1.83. The van der Waals surface area contributed by atoms with E-state index in [0.29, 0.717) is 6.04 Å². The summed E-state index contributed by atoms with van der Waals surface area (Å²) >= 11 is 0. The van der Waals surface area contributed by atoms with Crippen LogP contribution in [0.2, 0.25) is 0 Å². The second kappa shape index (κ2) is 7.20. The topological polar surface area (TPSA) is 48.5 Å². The van der Waals surface area contributed by atoms with E-state index < -0.39 is 0 Å². The Labute approximate surface area is 132 Å². The molecule has 2 atom stereocenters. The normalized spacial score (nSPS) is 25.0. The fourth-order valence-electron chi connectivity index (χ4n) is 3.54. The van der Waals surface area contributed by atoms with Crippen molar-refractivity contribution < 1.29 is 4.79 Å². The highest BCUT2D eigenvalue weighted by Crippen LogP contribution is 2.25. The van der Waals surface area contributed by atoms with Crippen LogP contribution < -0.4 is 5.32 Å². The molecule has 120 valence electrons. The van der Waals surface area contributed by atoms with Crippen LogP contribution in [-0.2, 0) is 4.79 Å². The number of rotatable bonds is 3. The molecule has 2 aliphatic heterocycles. The van der Waals surface area contributed by atoms with E-state index in [1.54, 1.807) is 12.4 Å². The van der Waals surface area contributed by atoms with E-state index in [9.17, 15) is 4.79 Å². The average Bonchev–Trinajstić information content (AvgIpc) is 2.57. The largest absolute Gasteiger partial charge is 0.341 e. The molecule has 2 saturated heterocycles. The molecule has 1 amide bonds. The van der Waals surface area contributed by atoms with E-state index in [-0.39, 0.29) is 11.9 Å². The lowest BCUT2D eigenvalue weighted by Crippen LogP contribution is -2.54. The first kappa shape index (κ1) is 15.4. The van der Waals surface area contributed by atoms with E-state index in [2.05, 4.69) is 27.0 Å². The number of likely N-dealkylation sites (tertiary alicyclic amines) is 1. The Hall–Kier alpha value is -1.46. The van der Waals surface area contributed by atoms with Gasteiger partial charge in [-0.3, -0.25) is 14.7 Å². The number of nitrogens with one attached hydrogen (secondary N) is 1. The molecule has 0 bridgehead atoms. The monoisotopic (exact) mass is 302 g/mol. The molecule has 1 N–H and O–H groups in total. The van der Waals surface area contributed by atoms with Crippen LogP contribution in [0.15, 0.2) is 24.5 Å². The van der Waals surface area contributed by atoms with Gasteiger partial charge in [-0.05, 0) is 43.9 Å². The van der Waals surface area contributed by atoms with Crippen molar-refractivity contribution >= 4 is 5.91 Å². The van der Waals surface area contributed by atoms with E-state index in [4.69, 9.17) is 0 Å². The lowest BCUT2D eigenvalue weighted by Gasteiger charge is -2.40. The minimum Gasteiger partial charge on any atom is -0.341 e. The van der Waals surface area contributed by atoms with Crippen molar-refractivity contribution in [2.24, 2.45) is 0 Å². The quantitative estimate of drug-likeness (QED) is 0.917. The summed E-state index contributed by atoms with van der Waals surface area (Å²) in [6, 6.07) is 4.23. The molecule has 3 heterocycles. The molecule has 1 aromatic heterocycles. The van der Waals surface area contributed by atoms with Crippen molar-refractivity contribution in [3.63, 3.8) is 0 Å². The van der Waals surface area contributed by atoms with Crippen molar-refractivity contribution in [1.29, 1.82) is 0 Å². The van der Waals surface area contributed by atoms with Crippen LogP contribution in [0, 0.1) is 0 Å². The van der Waals surface area contributed by atoms with Gasteiger partial charge in [-0.25, -0.2) is 0 Å². The van der Waals surface area contributed by atoms with Crippen LogP contribution in [-0.4, -0.2) is 59.5 Å². The Kier molecular flexibility index (Phi) is 5.05. The van der Waals surface area contributed by atoms with Crippen LogP contribution >= 0.6 is 0 Å². The molecule has 5 heteroatoms. The lowest BCUT2D eigenvalue weighted by atomic mass is 10.0. The molecule has 2 aliphatic rings. The summed E-state index contributed by atoms with van der Waals surface area (Å²) in [5.41, 5.74) is 1.07. The van der Waals surface area contributed by atoms with E-state index >= 15 is 0 Å². The highest BCUT2D eigenvalue weighted by Gasteiger charge is 2.33. The molecule has 0 spiro atoms. The van der Waals surface area contributed by atoms with Crippen molar-refractivity contribution in [2.45, 2.75) is 38.3 Å². The smallest absolute Gasteiger partial charge is 0.244 e. The number of carbonyl (C=O) groups excluding carboxylic acids is 1. The van der Waals surface area contributed by atoms with Gasteiger partial charge < -0.3 is 10.2 Å². The fraction of sp³-hybridized carbons (Fsp3) is 0.647. The predicted molar refractivity (Wildman–Crippen MR) is 86.4 cm³/mol. The van der Waals surface area contributed by atoms with Gasteiger partial charge in [0.25, 0.3) is 0 Å². The number of hydrogen-bond acceptors (Lipinski definition) is 4. The molecule has 22 heavy (non-hydrogen) atoms. The number of pyridine rings is 1. The van der Waals surface area contributed by atoms with Crippen LogP contribution in [0.3, 0.4) is 0 Å². The van der Waals surface area contributed by atoms with Gasteiger partial charge in [-0.2, -0.15) is 0 Å². The summed E-state index contributed by atoms with van der Waals surface area (Å²) in [5, 5.41) is 3.46. The summed E-state index contributed by atoms with van der Waals surface area (Å²) in [5.74, 6) is 0.264. The predicted octanol–water partition coefficient (Wildman–Crippen LogP) is 1.43. The molecular formula is C17H26N4O. The Bertz CT molecular complexity index is 487. The van der Waals surface area contributed by atoms with Crippen LogP contribution in [0.25, 0.3) is 0 Å². The van der Waals surface area contributed by atoms with E-state index in [0.717, 1.165) is 51.1 Å². The van der Waals surface area contributed by atoms with E-state index in [1.165, 1.54) is 6.42 Å². The number of piperazine rings is 1. The standard InChI is InChI=1S/C17H26N4O/c1-14-13-21(12-9-19-14)16(15-5-7-18-8-6-15)17(22)20-10-3-2-4-11-20/h5-8,14,16,19H,2-4,9-13H2,1H3. The average molecular weight is 302 g/mol. The summed E-state index contributed by atoms with van der Waals surface area (Å²) < 4.78 is 0. The van der Waals surface area contributed by atoms with Gasteiger partial charge in [0.15, 0.2) is 0 Å². The maximum absolute atomic E-state index is 13.1. The van der Waals surface area contributed by atoms with Crippen molar-refractivity contribution in [2.75, 3.05) is 32.7 Å². The highest BCUT2D eigenvalue weighted by molar-refractivity contribution is 5.83. The molecule has 0 radical (unpaired) electrons. The molecule has 2 unspecified atom stereocenters. The van der Waals surface area contributed by atoms with Crippen LogP contribution in [0.4, 0.5) is 0 Å². The fourth-order valence-corrected chi connectivity index (χ4v) is 3.54. The summed E-state index contributed by atoms with van der Waals surface area (Å²) in [4.78, 5) is 21.6. The van der Waals surface area contributed by atoms with Gasteiger partial charge in [-0.1, -0.05) is 0 Å². The minimum atomic E-state index is -0.161. The maximum Gasteiger partial charge on any atom is 0.244 e. The Morgan fingerprint density at radius 2 is 1.95 bits per heavy atom. The zero-order chi connectivity index (χ0) is 15.4. The molecule has 0 saturated carbocycles. The maximum atomic E-state index is 13.1. The third-order valence-electron chi connectivity index (χ3n) is 4.69. The molecule has 0 aliphatic carbocycles. The van der Waals surface area contributed by atoms with E-state index in [1.807, 2.05) is 12.1 Å². The molecule has 0 aromatic carbocycles. The van der Waals surface area contributed by atoms with Gasteiger partial charge in [0.1, 0.15) is 6.04 Å². The first-order chi connectivity index (χ1) is 10.8. The number of carbonyl (C=O) groups is 1. The zero-order valence-corrected chi connectivity index (χ0v) is 13.4. The Morgan fingerprint density at radius 1 is 1.23 bits per heavy atom. The zero-order valence-electron chi connectivity index (χ0n) is 13.4. The van der Waals surface area contributed by atoms with Gasteiger partial charge in [0.05, 0.1) is 0 Å². The SMILES string of the molecule is CC1CN(C(C(=O)N2CCCCC2)c2ccncc2)CCN1. The summed E-state index contributed by atoms with van der Waals surface area (Å²) in [6.45, 7) is 6.75. The second-order valence-electron chi connectivity index (χ2n) is 6.42. The molecule has 1 aromatic rings. The second-order valence-corrected chi connectivity index (χ2v) is 6.42. The third-order valence-corrected chi connectivity index (χ3v) is 4.69. The van der Waals surface area contributed by atoms with Gasteiger partial charge in [0.2, 0.25) is 5.91 Å². The molecular weight excluding hydrogens is 276 g/mol. The van der Waals surface area contributed by atoms with Crippen LogP contribution in [0.5, 0.6) is 0 Å². The molecule has 5 nitrogen and oxygen atoms in total. The third kappa shape index (κ3) is 3.47. The minimum absolute atomic E-state index is 0.161. The first-order valence-corrected chi connectivity index (χ1v) is 8.42. The number of hydrogen-bond donors (Lipinski definition) is 1. The lowest BCUT2D eigenvalue weighted by molar-refractivity contribution is -0.138. The molecule has 2 fully saturated rings. The molecule has 3 rings (SSSR count). The van der Waals surface area contributed by atoms with Gasteiger partial charge in [0, 0.05) is 51.2 Å². The summed E-state index contributed by atoms with van der Waals surface area (Å²) in [7, 11) is 0. The highest BCUT2D eigenvalue weighted by atomic mass is 16.2. The number of nitrogens with zero attached hydrogens (tertiary/aromatic N) is 3. The summed E-state index contributed by atoms with van der Waals surface area (Å²) in [6.07, 6.45) is 7.09. The number of piperidine rings is 1. The van der Waals surface area contributed by atoms with Crippen LogP contribution in [0.1, 0.15) is 37.8 Å². The van der Waals surface area contributed by atoms with Crippen molar-refractivity contribution in [3.05, 3.63) is 30.1 Å². The van der Waals surface area contributed by atoms with Crippen molar-refractivity contribution in [3.8, 4) is 0 Å². The Morgan fingerprint density at radius 3 is 2.64 bits per heavy atom. The van der Waals surface area contributed by atoms with Gasteiger partial charge >= 0.3 is 0 Å². The number of amides is 1. The van der Waals surface area contributed by atoms with Gasteiger partial charge in [-0.15, -0.1) is 0 Å². The first-order valence-electron chi connectivity index (χ1n) is 8.42. The van der Waals surface area contributed by atoms with Crippen molar-refractivity contribution in [1.82, 2.24) is 20.1 Å². The number of aromatic nitrogens is 1.